The number of aliphatic hydroxyl groups excluding tert-OH is 2. The van der Waals surface area contributed by atoms with E-state index in [0.29, 0.717) is 0 Å². The Hall–Kier alpha value is -1.03. The quantitative estimate of drug-likeness (QED) is 0.455. The third kappa shape index (κ3) is 2.06. The van der Waals surface area contributed by atoms with E-state index in [1.807, 2.05) is 0 Å². The van der Waals surface area contributed by atoms with Gasteiger partial charge in [-0.15, -0.1) is 0 Å². The van der Waals surface area contributed by atoms with E-state index in [0.717, 1.165) is 0 Å². The molecule has 1 aromatic rings. The highest BCUT2D eigenvalue weighted by atomic mass is 79.9. The molecule has 1 saturated heterocycles. The van der Waals surface area contributed by atoms with Gasteiger partial charge in [-0.05, 0) is 4.92 Å². The third-order valence-electron chi connectivity index (χ3n) is 2.56. The van der Waals surface area contributed by atoms with Gasteiger partial charge in [0.1, 0.15) is 29.4 Å². The molecule has 2 heterocycles. The standard InChI is InChI=1S/C8H10BrN3O5/c9-5-6(14)4(3-13)17-7(5)11-2-1-10-8(11)12(15)16/h1-2,4-7,13-14H,3H2/t4-,5+,6-,7?/m1/s1. The molecule has 1 fully saturated rings. The molecule has 0 aliphatic carbocycles. The predicted octanol–water partition coefficient (Wildman–Crippen LogP) is -0.195. The molecule has 0 spiro atoms. The van der Waals surface area contributed by atoms with E-state index in [1.54, 1.807) is 0 Å². The molecule has 0 aromatic carbocycles. The van der Waals surface area contributed by atoms with Crippen LogP contribution in [0.25, 0.3) is 0 Å². The number of nitro groups is 1. The molecule has 1 aliphatic heterocycles. The van der Waals surface area contributed by atoms with E-state index >= 15 is 0 Å². The van der Waals surface area contributed by atoms with E-state index in [-0.39, 0.29) is 12.6 Å². The molecular formula is C8H10BrN3O5. The minimum atomic E-state index is -0.938. The molecule has 4 atom stereocenters. The van der Waals surface area contributed by atoms with Gasteiger partial charge >= 0.3 is 5.95 Å². The summed E-state index contributed by atoms with van der Waals surface area (Å²) in [7, 11) is 0. The zero-order valence-corrected chi connectivity index (χ0v) is 10.1. The van der Waals surface area contributed by atoms with Gasteiger partial charge in [-0.1, -0.05) is 20.9 Å². The topological polar surface area (TPSA) is 111 Å². The summed E-state index contributed by atoms with van der Waals surface area (Å²) in [6.45, 7) is -0.359. The van der Waals surface area contributed by atoms with Gasteiger partial charge in [0.25, 0.3) is 0 Å². The molecule has 9 heteroatoms. The van der Waals surface area contributed by atoms with Crippen molar-refractivity contribution in [3.63, 3.8) is 0 Å². The molecule has 94 valence electrons. The van der Waals surface area contributed by atoms with E-state index in [2.05, 4.69) is 20.9 Å². The van der Waals surface area contributed by atoms with Crippen LogP contribution in [0, 0.1) is 10.1 Å². The number of rotatable bonds is 3. The first kappa shape index (κ1) is 12.4. The normalized spacial score (nSPS) is 32.9. The Morgan fingerprint density at radius 3 is 2.94 bits per heavy atom. The number of imidazole rings is 1. The highest BCUT2D eigenvalue weighted by molar-refractivity contribution is 9.09. The average molecular weight is 308 g/mol. The van der Waals surface area contributed by atoms with Gasteiger partial charge in [0.05, 0.1) is 6.61 Å². The summed E-state index contributed by atoms with van der Waals surface area (Å²) in [4.78, 5) is 13.1. The molecule has 1 aliphatic rings. The van der Waals surface area contributed by atoms with Crippen LogP contribution in [0.3, 0.4) is 0 Å². The molecule has 0 amide bonds. The van der Waals surface area contributed by atoms with Crippen molar-refractivity contribution >= 4 is 21.9 Å². The molecular weight excluding hydrogens is 298 g/mol. The number of hydrogen-bond donors (Lipinski definition) is 2. The molecule has 0 bridgehead atoms. The van der Waals surface area contributed by atoms with Crippen LogP contribution < -0.4 is 0 Å². The second kappa shape index (κ2) is 4.69. The van der Waals surface area contributed by atoms with E-state index in [1.165, 1.54) is 17.0 Å². The number of alkyl halides is 1. The minimum Gasteiger partial charge on any atom is -0.394 e. The van der Waals surface area contributed by atoms with Crippen LogP contribution in [0.5, 0.6) is 0 Å². The first-order chi connectivity index (χ1) is 8.06. The zero-order chi connectivity index (χ0) is 12.6. The van der Waals surface area contributed by atoms with Gasteiger partial charge in [-0.3, -0.25) is 0 Å². The van der Waals surface area contributed by atoms with Gasteiger partial charge < -0.3 is 25.1 Å². The summed E-state index contributed by atoms with van der Waals surface area (Å²) in [5, 5.41) is 29.4. The Balaban J connectivity index is 2.29. The number of hydrogen-bond acceptors (Lipinski definition) is 6. The largest absolute Gasteiger partial charge is 0.436 e. The highest BCUT2D eigenvalue weighted by Crippen LogP contribution is 2.36. The van der Waals surface area contributed by atoms with Crippen molar-refractivity contribution in [3.8, 4) is 0 Å². The second-order valence-electron chi connectivity index (χ2n) is 3.57. The molecule has 8 nitrogen and oxygen atoms in total. The van der Waals surface area contributed by atoms with Crippen molar-refractivity contribution in [2.45, 2.75) is 23.3 Å². The Morgan fingerprint density at radius 1 is 1.71 bits per heavy atom. The first-order valence-corrected chi connectivity index (χ1v) is 5.73. The summed E-state index contributed by atoms with van der Waals surface area (Å²) in [5.41, 5.74) is 0. The van der Waals surface area contributed by atoms with Crippen molar-refractivity contribution < 1.29 is 19.9 Å². The Bertz CT molecular complexity index is 425. The van der Waals surface area contributed by atoms with Crippen LogP contribution in [-0.2, 0) is 4.74 Å². The number of ether oxygens (including phenoxy) is 1. The highest BCUT2D eigenvalue weighted by Gasteiger charge is 2.46. The van der Waals surface area contributed by atoms with Gasteiger partial charge in [0.2, 0.25) is 0 Å². The molecule has 1 unspecified atom stereocenters. The van der Waals surface area contributed by atoms with Crippen molar-refractivity contribution in [1.29, 1.82) is 0 Å². The lowest BCUT2D eigenvalue weighted by atomic mass is 10.2. The maximum absolute atomic E-state index is 10.7. The number of aromatic nitrogens is 2. The lowest BCUT2D eigenvalue weighted by molar-refractivity contribution is -0.398. The van der Waals surface area contributed by atoms with Crippen LogP contribution in [0.4, 0.5) is 5.95 Å². The van der Waals surface area contributed by atoms with Gasteiger partial charge in [0, 0.05) is 0 Å². The van der Waals surface area contributed by atoms with Crippen LogP contribution in [-0.4, -0.2) is 48.3 Å². The fourth-order valence-electron chi connectivity index (χ4n) is 1.72. The van der Waals surface area contributed by atoms with E-state index in [4.69, 9.17) is 9.84 Å². The Kier molecular flexibility index (Phi) is 3.43. The Morgan fingerprint density at radius 2 is 2.41 bits per heavy atom. The van der Waals surface area contributed by atoms with Gasteiger partial charge in [-0.2, -0.15) is 0 Å². The third-order valence-corrected chi connectivity index (χ3v) is 3.55. The number of halogens is 1. The lowest BCUT2D eigenvalue weighted by Crippen LogP contribution is -2.29. The van der Waals surface area contributed by atoms with Gasteiger partial charge in [-0.25, -0.2) is 4.57 Å². The smallest absolute Gasteiger partial charge is 0.394 e. The monoisotopic (exact) mass is 307 g/mol. The maximum atomic E-state index is 10.7. The summed E-state index contributed by atoms with van der Waals surface area (Å²) < 4.78 is 6.55. The molecule has 1 aromatic heterocycles. The van der Waals surface area contributed by atoms with E-state index in [9.17, 15) is 15.2 Å². The van der Waals surface area contributed by atoms with Crippen molar-refractivity contribution in [2.75, 3.05) is 6.61 Å². The Labute approximate surface area is 104 Å². The fourth-order valence-corrected chi connectivity index (χ4v) is 2.44. The average Bonchev–Trinajstić information content (AvgIpc) is 2.86. The summed E-state index contributed by atoms with van der Waals surface area (Å²) in [6, 6.07) is 0. The maximum Gasteiger partial charge on any atom is 0.436 e. The molecule has 2 rings (SSSR count). The molecule has 2 N–H and O–H groups in total. The van der Waals surface area contributed by atoms with Gasteiger partial charge in [0.15, 0.2) is 6.23 Å². The van der Waals surface area contributed by atoms with Crippen LogP contribution in [0.1, 0.15) is 6.23 Å². The summed E-state index contributed by atoms with van der Waals surface area (Å²) in [5.74, 6) is -0.370. The van der Waals surface area contributed by atoms with Crippen LogP contribution in [0.15, 0.2) is 12.4 Å². The first-order valence-electron chi connectivity index (χ1n) is 4.82. The van der Waals surface area contributed by atoms with Crippen molar-refractivity contribution in [2.24, 2.45) is 0 Å². The summed E-state index contributed by atoms with van der Waals surface area (Å²) >= 11 is 3.20. The number of nitrogens with zero attached hydrogens (tertiary/aromatic N) is 3. The number of aliphatic hydroxyl groups is 2. The summed E-state index contributed by atoms with van der Waals surface area (Å²) in [6.07, 6.45) is 0.187. The fraction of sp³-hybridized carbons (Fsp3) is 0.625. The molecule has 0 saturated carbocycles. The second-order valence-corrected chi connectivity index (χ2v) is 4.63. The zero-order valence-electron chi connectivity index (χ0n) is 8.51. The SMILES string of the molecule is O=[N+]([O-])c1nccn1C1O[C@H](CO)[C@@H](O)[C@@H]1Br. The van der Waals surface area contributed by atoms with Crippen LogP contribution in [0.2, 0.25) is 0 Å². The van der Waals surface area contributed by atoms with Crippen molar-refractivity contribution in [3.05, 3.63) is 22.5 Å². The minimum absolute atomic E-state index is 0.359. The molecule has 0 radical (unpaired) electrons. The lowest BCUT2D eigenvalue weighted by Gasteiger charge is -2.12. The van der Waals surface area contributed by atoms with Crippen molar-refractivity contribution in [1.82, 2.24) is 9.55 Å². The van der Waals surface area contributed by atoms with Crippen LogP contribution >= 0.6 is 15.9 Å². The predicted molar refractivity (Wildman–Crippen MR) is 58.6 cm³/mol. The van der Waals surface area contributed by atoms with E-state index < -0.39 is 28.2 Å². The molecule has 17 heavy (non-hydrogen) atoms.